The number of allylic oxidation sites excluding steroid dienone is 1. The third kappa shape index (κ3) is 3.65. The molecule has 2 nitrogen and oxygen atoms in total. The van der Waals surface area contributed by atoms with Crippen molar-refractivity contribution >= 4 is 0 Å². The quantitative estimate of drug-likeness (QED) is 0.525. The normalized spacial score (nSPS) is 47.9. The molecule has 2 heteroatoms. The fraction of sp³-hybridized carbons (Fsp3) is 0.926. The van der Waals surface area contributed by atoms with Crippen LogP contribution in [0.1, 0.15) is 98.8 Å². The van der Waals surface area contributed by atoms with Gasteiger partial charge in [-0.05, 0) is 91.3 Å². The molecule has 0 aliphatic heterocycles. The molecule has 0 heterocycles. The van der Waals surface area contributed by atoms with Crippen LogP contribution in [0.25, 0.3) is 0 Å². The van der Waals surface area contributed by atoms with Crippen molar-refractivity contribution in [2.75, 3.05) is 0 Å². The Morgan fingerprint density at radius 3 is 2.55 bits per heavy atom. The summed E-state index contributed by atoms with van der Waals surface area (Å²) in [5.74, 6) is 4.19. The first-order chi connectivity index (χ1) is 13.7. The number of fused-ring (bicyclic) bond motifs is 5. The van der Waals surface area contributed by atoms with Crippen LogP contribution in [0.3, 0.4) is 0 Å². The summed E-state index contributed by atoms with van der Waals surface area (Å²) in [6.07, 6.45) is 13.9. The maximum Gasteiger partial charge on any atom is 0.0585 e. The summed E-state index contributed by atoms with van der Waals surface area (Å²) in [6.45, 7) is 12.1. The maximum absolute atomic E-state index is 11.5. The Bertz CT molecular complexity index is 624. The zero-order valence-electron chi connectivity index (χ0n) is 19.7. The maximum atomic E-state index is 11.5. The van der Waals surface area contributed by atoms with Crippen molar-refractivity contribution < 1.29 is 10.2 Å². The number of aliphatic hydroxyl groups is 2. The summed E-state index contributed by atoms with van der Waals surface area (Å²) in [4.78, 5) is 0. The first kappa shape index (κ1) is 21.9. The van der Waals surface area contributed by atoms with Gasteiger partial charge >= 0.3 is 0 Å². The Morgan fingerprint density at radius 2 is 1.83 bits per heavy atom. The van der Waals surface area contributed by atoms with Gasteiger partial charge in [0, 0.05) is 0 Å². The van der Waals surface area contributed by atoms with Gasteiger partial charge in [-0.3, -0.25) is 0 Å². The number of hydrogen-bond donors (Lipinski definition) is 2. The fourth-order valence-electron chi connectivity index (χ4n) is 8.80. The molecule has 29 heavy (non-hydrogen) atoms. The molecular weight excluding hydrogens is 356 g/mol. The highest BCUT2D eigenvalue weighted by Crippen LogP contribution is 2.67. The molecule has 4 aliphatic rings. The van der Waals surface area contributed by atoms with Gasteiger partial charge in [0.25, 0.3) is 0 Å². The molecule has 4 aliphatic carbocycles. The Morgan fingerprint density at radius 1 is 1.07 bits per heavy atom. The SMILES string of the molecule is CC(C)CCC[C@@H](C)[C@H]1CC[C@H]2[C@@H]3CC=C4CC(O)CC[C@]4(C)[C@H]3[C@H](O)C[C@]12C. The molecule has 0 saturated heterocycles. The number of rotatable bonds is 5. The lowest BCUT2D eigenvalue weighted by Crippen LogP contribution is -2.56. The van der Waals surface area contributed by atoms with Crippen molar-refractivity contribution in [1.29, 1.82) is 0 Å². The van der Waals surface area contributed by atoms with Crippen molar-refractivity contribution in [2.45, 2.75) is 111 Å². The highest BCUT2D eigenvalue weighted by molar-refractivity contribution is 5.26. The van der Waals surface area contributed by atoms with Gasteiger partial charge in [0.15, 0.2) is 0 Å². The number of aliphatic hydroxyl groups excluding tert-OH is 2. The Kier molecular flexibility index (Phi) is 6.01. The van der Waals surface area contributed by atoms with Gasteiger partial charge in [-0.15, -0.1) is 0 Å². The van der Waals surface area contributed by atoms with Crippen LogP contribution >= 0.6 is 0 Å². The first-order valence-electron chi connectivity index (χ1n) is 12.7. The summed E-state index contributed by atoms with van der Waals surface area (Å²) < 4.78 is 0. The molecule has 0 aromatic rings. The predicted molar refractivity (Wildman–Crippen MR) is 120 cm³/mol. The zero-order valence-corrected chi connectivity index (χ0v) is 19.7. The molecule has 0 radical (unpaired) electrons. The second kappa shape index (κ2) is 7.97. The molecule has 3 saturated carbocycles. The molecule has 0 bridgehead atoms. The molecular formula is C27H46O2. The highest BCUT2D eigenvalue weighted by Gasteiger charge is 2.61. The topological polar surface area (TPSA) is 40.5 Å². The zero-order chi connectivity index (χ0) is 21.0. The van der Waals surface area contributed by atoms with E-state index in [0.717, 1.165) is 55.8 Å². The van der Waals surface area contributed by atoms with E-state index in [1.807, 2.05) is 0 Å². The average Bonchev–Trinajstić information content (AvgIpc) is 2.98. The third-order valence-corrected chi connectivity index (χ3v) is 10.2. The van der Waals surface area contributed by atoms with Crippen LogP contribution in [0.2, 0.25) is 0 Å². The Hall–Kier alpha value is -0.340. The van der Waals surface area contributed by atoms with Crippen molar-refractivity contribution in [3.05, 3.63) is 11.6 Å². The minimum atomic E-state index is -0.173. The van der Waals surface area contributed by atoms with Gasteiger partial charge in [0.2, 0.25) is 0 Å². The van der Waals surface area contributed by atoms with E-state index in [0.29, 0.717) is 17.3 Å². The van der Waals surface area contributed by atoms with E-state index in [9.17, 15) is 10.2 Å². The van der Waals surface area contributed by atoms with Crippen molar-refractivity contribution in [2.24, 2.45) is 46.3 Å². The van der Waals surface area contributed by atoms with E-state index in [1.54, 1.807) is 0 Å². The van der Waals surface area contributed by atoms with Gasteiger partial charge in [-0.2, -0.15) is 0 Å². The smallest absolute Gasteiger partial charge is 0.0585 e. The van der Waals surface area contributed by atoms with Crippen LogP contribution in [0.15, 0.2) is 11.6 Å². The van der Waals surface area contributed by atoms with E-state index >= 15 is 0 Å². The third-order valence-electron chi connectivity index (χ3n) is 10.2. The van der Waals surface area contributed by atoms with Crippen LogP contribution in [-0.2, 0) is 0 Å². The summed E-state index contributed by atoms with van der Waals surface area (Å²) in [5.41, 5.74) is 1.88. The van der Waals surface area contributed by atoms with E-state index in [2.05, 4.69) is 40.7 Å². The second-order valence-electron chi connectivity index (χ2n) is 12.3. The summed E-state index contributed by atoms with van der Waals surface area (Å²) in [6, 6.07) is 0. The summed E-state index contributed by atoms with van der Waals surface area (Å²) >= 11 is 0. The van der Waals surface area contributed by atoms with Crippen molar-refractivity contribution in [1.82, 2.24) is 0 Å². The molecule has 2 N–H and O–H groups in total. The molecule has 1 unspecified atom stereocenters. The largest absolute Gasteiger partial charge is 0.393 e. The van der Waals surface area contributed by atoms with Crippen LogP contribution in [-0.4, -0.2) is 22.4 Å². The lowest BCUT2D eigenvalue weighted by atomic mass is 9.46. The van der Waals surface area contributed by atoms with E-state index < -0.39 is 0 Å². The monoisotopic (exact) mass is 402 g/mol. The molecule has 4 rings (SSSR count). The van der Waals surface area contributed by atoms with Crippen LogP contribution in [0, 0.1) is 46.3 Å². The molecule has 0 spiro atoms. The van der Waals surface area contributed by atoms with Gasteiger partial charge in [0.1, 0.15) is 0 Å². The average molecular weight is 403 g/mol. The fourth-order valence-corrected chi connectivity index (χ4v) is 8.80. The van der Waals surface area contributed by atoms with Gasteiger partial charge in [-0.25, -0.2) is 0 Å². The highest BCUT2D eigenvalue weighted by atomic mass is 16.3. The summed E-state index contributed by atoms with van der Waals surface area (Å²) in [5, 5.41) is 21.8. The van der Waals surface area contributed by atoms with Crippen molar-refractivity contribution in [3.63, 3.8) is 0 Å². The standard InChI is InChI=1S/C27H46O2/c1-17(2)7-6-8-18(3)22-11-12-23-21-10-9-19-15-20(28)13-14-26(19,4)25(21)24(29)16-27(22,23)5/h9,17-18,20-25,28-29H,6-8,10-16H2,1-5H3/t18-,20?,21+,22-,23+,24-,25-,26+,27-/m1/s1. The first-order valence-corrected chi connectivity index (χ1v) is 12.7. The molecule has 9 atom stereocenters. The molecule has 0 aromatic carbocycles. The van der Waals surface area contributed by atoms with Crippen LogP contribution in [0.5, 0.6) is 0 Å². The predicted octanol–water partition coefficient (Wildman–Crippen LogP) is 6.36. The summed E-state index contributed by atoms with van der Waals surface area (Å²) in [7, 11) is 0. The van der Waals surface area contributed by atoms with E-state index in [4.69, 9.17) is 0 Å². The van der Waals surface area contributed by atoms with Crippen LogP contribution in [0.4, 0.5) is 0 Å². The Balaban J connectivity index is 1.54. The minimum Gasteiger partial charge on any atom is -0.393 e. The molecule has 166 valence electrons. The van der Waals surface area contributed by atoms with Crippen molar-refractivity contribution in [3.8, 4) is 0 Å². The minimum absolute atomic E-state index is 0.115. The van der Waals surface area contributed by atoms with Crippen LogP contribution < -0.4 is 0 Å². The lowest BCUT2D eigenvalue weighted by Gasteiger charge is -2.60. The second-order valence-corrected chi connectivity index (χ2v) is 12.3. The van der Waals surface area contributed by atoms with E-state index in [-0.39, 0.29) is 17.6 Å². The molecule has 0 amide bonds. The lowest BCUT2D eigenvalue weighted by molar-refractivity contribution is -0.129. The van der Waals surface area contributed by atoms with E-state index in [1.165, 1.54) is 37.7 Å². The molecule has 3 fully saturated rings. The van der Waals surface area contributed by atoms with Gasteiger partial charge in [-0.1, -0.05) is 65.5 Å². The van der Waals surface area contributed by atoms with Gasteiger partial charge in [0.05, 0.1) is 12.2 Å². The number of hydrogen-bond acceptors (Lipinski definition) is 2. The Labute approximate surface area is 179 Å². The molecule has 0 aromatic heterocycles. The van der Waals surface area contributed by atoms with Gasteiger partial charge < -0.3 is 10.2 Å².